The van der Waals surface area contributed by atoms with Crippen molar-refractivity contribution in [2.24, 2.45) is 16.7 Å². The highest BCUT2D eigenvalue weighted by molar-refractivity contribution is 6.67. The van der Waals surface area contributed by atoms with Crippen molar-refractivity contribution in [2.45, 2.75) is 112 Å². The topological polar surface area (TPSA) is 228 Å². The first-order valence-electron chi connectivity index (χ1n) is 19.6. The molecule has 11 atom stereocenters. The molecule has 3 aliphatic carbocycles. The van der Waals surface area contributed by atoms with E-state index in [0.29, 0.717) is 0 Å². The van der Waals surface area contributed by atoms with Crippen LogP contribution in [0, 0.1) is 16.7 Å². The lowest BCUT2D eigenvalue weighted by Gasteiger charge is -2.67. The molecule has 2 saturated carbocycles. The third kappa shape index (κ3) is 8.42. The number of carbonyl (C=O) groups excluding carboxylic acids is 6. The average Bonchev–Trinajstić information content (AvgIpc) is 3.20. The van der Waals surface area contributed by atoms with Crippen molar-refractivity contribution in [3.8, 4) is 0 Å². The van der Waals surface area contributed by atoms with Gasteiger partial charge in [-0.3, -0.25) is 14.4 Å². The number of halogens is 3. The molecule has 0 amide bonds. The van der Waals surface area contributed by atoms with E-state index < -0.39 is 130 Å². The minimum absolute atomic E-state index is 0.00683. The zero-order chi connectivity index (χ0) is 45.7. The summed E-state index contributed by atoms with van der Waals surface area (Å²) in [6.07, 6.45) is -14.5. The lowest BCUT2D eigenvalue weighted by atomic mass is 9.44. The number of hydrogen-bond donors (Lipinski definition) is 3. The fraction of sp³-hybridized carbons (Fsp3) is 0.535. The Hall–Kier alpha value is -4.29. The van der Waals surface area contributed by atoms with E-state index in [0.717, 1.165) is 13.8 Å². The van der Waals surface area contributed by atoms with Crippen molar-refractivity contribution in [1.82, 2.24) is 0 Å². The molecule has 0 spiro atoms. The minimum Gasteiger partial charge on any atom is -0.456 e. The Morgan fingerprint density at radius 2 is 1.50 bits per heavy atom. The van der Waals surface area contributed by atoms with Gasteiger partial charge in [-0.15, -0.1) is 0 Å². The Labute approximate surface area is 371 Å². The molecule has 2 aromatic rings. The molecule has 62 heavy (non-hydrogen) atoms. The normalized spacial score (nSPS) is 32.2. The first-order valence-corrected chi connectivity index (χ1v) is 20.8. The van der Waals surface area contributed by atoms with Gasteiger partial charge < -0.3 is 48.5 Å². The second-order valence-corrected chi connectivity index (χ2v) is 19.2. The van der Waals surface area contributed by atoms with E-state index in [4.69, 9.17) is 68.0 Å². The highest BCUT2D eigenvalue weighted by Gasteiger charge is 2.79. The lowest BCUT2D eigenvalue weighted by molar-refractivity contribution is -0.346. The van der Waals surface area contributed by atoms with Gasteiger partial charge in [0.25, 0.3) is 0 Å². The van der Waals surface area contributed by atoms with Crippen molar-refractivity contribution in [3.63, 3.8) is 0 Å². The zero-order valence-electron chi connectivity index (χ0n) is 34.5. The number of hydrogen-bond acceptors (Lipinski definition) is 16. The number of alkyl halides is 3. The van der Waals surface area contributed by atoms with Crippen LogP contribution in [0.4, 0.5) is 4.79 Å². The number of rotatable bonds is 10. The molecule has 1 saturated heterocycles. The monoisotopic (exact) mass is 924 g/mol. The van der Waals surface area contributed by atoms with Gasteiger partial charge in [-0.2, -0.15) is 0 Å². The van der Waals surface area contributed by atoms with Gasteiger partial charge in [-0.1, -0.05) is 97.2 Å². The number of esters is 4. The van der Waals surface area contributed by atoms with Crippen LogP contribution in [0.2, 0.25) is 0 Å². The van der Waals surface area contributed by atoms with E-state index in [1.54, 1.807) is 36.4 Å². The maximum atomic E-state index is 15.8. The van der Waals surface area contributed by atoms with E-state index in [1.165, 1.54) is 52.0 Å². The minimum atomic E-state index is -2.49. The van der Waals surface area contributed by atoms with Gasteiger partial charge in [0, 0.05) is 32.1 Å². The molecule has 2 aromatic carbocycles. The van der Waals surface area contributed by atoms with Crippen LogP contribution in [0.1, 0.15) is 76.4 Å². The summed E-state index contributed by atoms with van der Waals surface area (Å²) in [5, 5.41) is 35.7. The Morgan fingerprint density at radius 3 is 2.05 bits per heavy atom. The Balaban J connectivity index is 1.60. The van der Waals surface area contributed by atoms with Gasteiger partial charge in [-0.05, 0) is 42.7 Å². The molecular weight excluding hydrogens is 879 g/mol. The van der Waals surface area contributed by atoms with Crippen LogP contribution < -0.4 is 0 Å². The van der Waals surface area contributed by atoms with Crippen molar-refractivity contribution in [3.05, 3.63) is 82.9 Å². The largest absolute Gasteiger partial charge is 0.508 e. The fourth-order valence-corrected chi connectivity index (χ4v) is 9.79. The third-order valence-electron chi connectivity index (χ3n) is 12.7. The molecule has 6 rings (SSSR count). The lowest BCUT2D eigenvalue weighted by Crippen LogP contribution is -2.82. The van der Waals surface area contributed by atoms with E-state index in [1.807, 2.05) is 0 Å². The van der Waals surface area contributed by atoms with E-state index in [2.05, 4.69) is 0 Å². The number of aliphatic hydroxyl groups excluding tert-OH is 2. The fourth-order valence-electron chi connectivity index (χ4n) is 9.63. The molecule has 16 nitrogen and oxygen atoms in total. The highest BCUT2D eigenvalue weighted by Crippen LogP contribution is 2.65. The molecule has 336 valence electrons. The van der Waals surface area contributed by atoms with Crippen LogP contribution in [0.25, 0.3) is 0 Å². The summed E-state index contributed by atoms with van der Waals surface area (Å²) in [7, 11) is 0. The van der Waals surface area contributed by atoms with Crippen LogP contribution >= 0.6 is 34.8 Å². The number of ketones is 1. The Bertz CT molecular complexity index is 2120. The molecule has 0 aromatic heterocycles. The summed E-state index contributed by atoms with van der Waals surface area (Å²) >= 11 is 17.5. The predicted octanol–water partition coefficient (Wildman–Crippen LogP) is 4.83. The second-order valence-electron chi connectivity index (χ2n) is 16.7. The molecule has 1 heterocycles. The van der Waals surface area contributed by atoms with Crippen molar-refractivity contribution < 1.29 is 77.2 Å². The number of aliphatic hydroxyl groups is 3. The number of ether oxygens (including phenoxy) is 7. The van der Waals surface area contributed by atoms with Crippen molar-refractivity contribution in [1.29, 1.82) is 0 Å². The number of benzene rings is 2. The molecule has 2 bridgehead atoms. The van der Waals surface area contributed by atoms with Gasteiger partial charge in [0.15, 0.2) is 23.6 Å². The smallest absolute Gasteiger partial charge is 0.456 e. The van der Waals surface area contributed by atoms with Gasteiger partial charge in [-0.25, -0.2) is 14.4 Å². The number of fused-ring (bicyclic) bond motifs is 5. The molecule has 2 unspecified atom stereocenters. The Kier molecular flexibility index (Phi) is 13.2. The summed E-state index contributed by atoms with van der Waals surface area (Å²) in [5.74, 6) is -6.83. The van der Waals surface area contributed by atoms with Crippen LogP contribution in [0.3, 0.4) is 0 Å². The maximum absolute atomic E-state index is 15.8. The maximum Gasteiger partial charge on any atom is 0.508 e. The third-order valence-corrected chi connectivity index (χ3v) is 13.0. The predicted molar refractivity (Wildman–Crippen MR) is 217 cm³/mol. The molecule has 4 aliphatic rings. The Morgan fingerprint density at radius 1 is 0.887 bits per heavy atom. The van der Waals surface area contributed by atoms with Crippen LogP contribution in [-0.4, -0.2) is 116 Å². The molecule has 0 radical (unpaired) electrons. The first-order chi connectivity index (χ1) is 28.9. The summed E-state index contributed by atoms with van der Waals surface area (Å²) in [5.41, 5.74) is -8.17. The molecule has 3 N–H and O–H groups in total. The molecule has 19 heteroatoms. The molecule has 3 fully saturated rings. The molecular formula is C43H47Cl3O16. The number of Topliss-reactive ketones (excluding diaryl/α,β-unsaturated/α-hetero) is 1. The summed E-state index contributed by atoms with van der Waals surface area (Å²) in [6.45, 7) is 6.75. The second kappa shape index (κ2) is 17.4. The van der Waals surface area contributed by atoms with E-state index in [-0.39, 0.29) is 28.7 Å². The van der Waals surface area contributed by atoms with Gasteiger partial charge >= 0.3 is 30.0 Å². The zero-order valence-corrected chi connectivity index (χ0v) is 36.8. The standard InChI is InChI=1S/C43H47Cl3O16/c1-21-26(59-37(53)31(50)30(49)24-13-9-7-10-14-24)18-42(55)35(61-36(52)25-15-11-8-12-16-25)33-40(6,34(51)32(58-22(2)47)29(21)39(42,4)5)27(60-38(54)57-20-43(44,45)46)17-28-41(33,19-56-28)62-23(3)48/h7-16,26-28,30-33,35,49-50,55H,17-20H2,1-6H3/t26-,27-,28+,30?,31?,32+,33-,35-,40+,41-,42+/m0/s1. The first kappa shape index (κ1) is 47.2. The summed E-state index contributed by atoms with van der Waals surface area (Å²) in [4.78, 5) is 83.5. The molecule has 1 aliphatic heterocycles. The summed E-state index contributed by atoms with van der Waals surface area (Å²) in [6, 6.07) is 15.4. The van der Waals surface area contributed by atoms with E-state index in [9.17, 15) is 39.3 Å². The van der Waals surface area contributed by atoms with E-state index >= 15 is 4.79 Å². The van der Waals surface area contributed by atoms with Crippen molar-refractivity contribution >= 4 is 70.6 Å². The van der Waals surface area contributed by atoms with Gasteiger partial charge in [0.1, 0.15) is 42.7 Å². The van der Waals surface area contributed by atoms with Crippen LogP contribution in [-0.2, 0) is 52.3 Å². The van der Waals surface area contributed by atoms with Gasteiger partial charge in [0.2, 0.25) is 3.79 Å². The van der Waals surface area contributed by atoms with Gasteiger partial charge in [0.05, 0.1) is 23.5 Å². The highest BCUT2D eigenvalue weighted by atomic mass is 35.6. The van der Waals surface area contributed by atoms with Crippen LogP contribution in [0.5, 0.6) is 0 Å². The number of carbonyl (C=O) groups is 6. The quantitative estimate of drug-likeness (QED) is 0.126. The average molecular weight is 926 g/mol. The summed E-state index contributed by atoms with van der Waals surface area (Å²) < 4.78 is 39.0. The SMILES string of the molecule is CC(=O)O[C@H]1C(=O)[C@]2(C)[C@@H](OC(=O)OCC(Cl)(Cl)Cl)C[C@H]3OC[C@@]3(OC(C)=O)[C@H]2[C@H](OC(=O)c2ccccc2)[C@]2(O)C[C@H](OC(=O)C(O)C(O)c3ccccc3)C(C)=C1C2(C)C. The van der Waals surface area contributed by atoms with Crippen LogP contribution in [0.15, 0.2) is 71.8 Å². The van der Waals surface area contributed by atoms with Crippen molar-refractivity contribution in [2.75, 3.05) is 13.2 Å².